The lowest BCUT2D eigenvalue weighted by Crippen LogP contribution is -2.30. The Morgan fingerprint density at radius 3 is 2.21 bits per heavy atom. The molecular formula is C18H23FN2O5S2. The highest BCUT2D eigenvalue weighted by Crippen LogP contribution is 2.31. The van der Waals surface area contributed by atoms with E-state index in [-0.39, 0.29) is 36.0 Å². The van der Waals surface area contributed by atoms with Gasteiger partial charge in [0.1, 0.15) is 16.5 Å². The molecule has 0 atom stereocenters. The van der Waals surface area contributed by atoms with Crippen molar-refractivity contribution in [3.63, 3.8) is 0 Å². The molecule has 0 bridgehead atoms. The summed E-state index contributed by atoms with van der Waals surface area (Å²) in [6.45, 7) is 5.88. The molecule has 0 aliphatic rings. The summed E-state index contributed by atoms with van der Waals surface area (Å²) in [7, 11) is -8.11. The van der Waals surface area contributed by atoms with Crippen molar-refractivity contribution in [3.05, 3.63) is 48.3 Å². The molecule has 0 aromatic heterocycles. The number of nitrogens with one attached hydrogen (secondary N) is 1. The van der Waals surface area contributed by atoms with Crippen molar-refractivity contribution in [2.24, 2.45) is 0 Å². The monoisotopic (exact) mass is 430 g/mol. The van der Waals surface area contributed by atoms with Crippen molar-refractivity contribution in [1.82, 2.24) is 4.31 Å². The lowest BCUT2D eigenvalue weighted by atomic mass is 10.3. The van der Waals surface area contributed by atoms with E-state index in [4.69, 9.17) is 4.74 Å². The second-order valence-corrected chi connectivity index (χ2v) is 9.30. The van der Waals surface area contributed by atoms with Crippen LogP contribution in [0.15, 0.2) is 52.3 Å². The van der Waals surface area contributed by atoms with Gasteiger partial charge in [-0.25, -0.2) is 21.2 Å². The van der Waals surface area contributed by atoms with Crippen LogP contribution in [0, 0.1) is 5.82 Å². The Labute approximate surface area is 165 Å². The van der Waals surface area contributed by atoms with Crippen molar-refractivity contribution >= 4 is 25.7 Å². The maximum Gasteiger partial charge on any atom is 0.264 e. The predicted molar refractivity (Wildman–Crippen MR) is 105 cm³/mol. The fraction of sp³-hybridized carbons (Fsp3) is 0.333. The summed E-state index contributed by atoms with van der Waals surface area (Å²) in [5, 5.41) is 0. The molecule has 0 fully saturated rings. The normalized spacial score (nSPS) is 12.2. The standard InChI is InChI=1S/C18H23FN2O5S2/c1-4-21(5-2)28(24,25)14-11-12-17(26-6-3)16(13-14)20-27(22,23)18-10-8-7-9-15(18)19/h7-13,20H,4-6H2,1-3H3. The van der Waals surface area contributed by atoms with Gasteiger partial charge >= 0.3 is 0 Å². The summed E-state index contributed by atoms with van der Waals surface area (Å²) in [5.41, 5.74) is -0.0849. The molecule has 10 heteroatoms. The Bertz CT molecular complexity index is 1040. The van der Waals surface area contributed by atoms with Gasteiger partial charge in [0.2, 0.25) is 10.0 Å². The molecule has 28 heavy (non-hydrogen) atoms. The van der Waals surface area contributed by atoms with E-state index in [1.807, 2.05) is 0 Å². The van der Waals surface area contributed by atoms with Crippen LogP contribution in [0.5, 0.6) is 5.75 Å². The second kappa shape index (κ2) is 8.89. The molecule has 0 unspecified atom stereocenters. The van der Waals surface area contributed by atoms with E-state index in [1.54, 1.807) is 20.8 Å². The molecule has 2 rings (SSSR count). The zero-order chi connectivity index (χ0) is 20.9. The summed E-state index contributed by atoms with van der Waals surface area (Å²) in [5.74, 6) is -0.777. The molecule has 0 spiro atoms. The van der Waals surface area contributed by atoms with Crippen molar-refractivity contribution < 1.29 is 26.0 Å². The van der Waals surface area contributed by atoms with E-state index in [0.717, 1.165) is 12.1 Å². The fourth-order valence-electron chi connectivity index (χ4n) is 2.61. The average Bonchev–Trinajstić information content (AvgIpc) is 2.64. The van der Waals surface area contributed by atoms with E-state index >= 15 is 0 Å². The first kappa shape index (κ1) is 22.1. The number of benzene rings is 2. The molecule has 1 N–H and O–H groups in total. The Kier molecular flexibility index (Phi) is 7.02. The minimum Gasteiger partial charge on any atom is -0.492 e. The van der Waals surface area contributed by atoms with Crippen molar-refractivity contribution in [2.75, 3.05) is 24.4 Å². The van der Waals surface area contributed by atoms with Crippen LogP contribution in [-0.2, 0) is 20.0 Å². The van der Waals surface area contributed by atoms with Crippen LogP contribution in [0.25, 0.3) is 0 Å². The van der Waals surface area contributed by atoms with Gasteiger partial charge in [0.05, 0.1) is 17.2 Å². The number of sulfonamides is 2. The quantitative estimate of drug-likeness (QED) is 0.660. The summed E-state index contributed by atoms with van der Waals surface area (Å²) in [6.07, 6.45) is 0. The minimum absolute atomic E-state index is 0.0849. The average molecular weight is 431 g/mol. The third kappa shape index (κ3) is 4.62. The van der Waals surface area contributed by atoms with Crippen LogP contribution >= 0.6 is 0 Å². The van der Waals surface area contributed by atoms with E-state index in [2.05, 4.69) is 4.72 Å². The molecule has 7 nitrogen and oxygen atoms in total. The third-order valence-corrected chi connectivity index (χ3v) is 7.41. The number of rotatable bonds is 9. The number of nitrogens with zero attached hydrogens (tertiary/aromatic N) is 1. The molecule has 0 amide bonds. The number of hydrogen-bond donors (Lipinski definition) is 1. The molecule has 2 aromatic carbocycles. The molecule has 0 aliphatic carbocycles. The van der Waals surface area contributed by atoms with Gasteiger partial charge in [-0.2, -0.15) is 4.31 Å². The van der Waals surface area contributed by atoms with Gasteiger partial charge in [-0.1, -0.05) is 26.0 Å². The Balaban J connectivity index is 2.54. The van der Waals surface area contributed by atoms with Crippen LogP contribution in [0.3, 0.4) is 0 Å². The fourth-order valence-corrected chi connectivity index (χ4v) is 5.23. The number of ether oxygens (including phenoxy) is 1. The van der Waals surface area contributed by atoms with Gasteiger partial charge in [-0.3, -0.25) is 4.72 Å². The van der Waals surface area contributed by atoms with Gasteiger partial charge < -0.3 is 4.74 Å². The first-order valence-electron chi connectivity index (χ1n) is 8.71. The first-order chi connectivity index (χ1) is 13.2. The van der Waals surface area contributed by atoms with Gasteiger partial charge in [-0.15, -0.1) is 0 Å². The maximum atomic E-state index is 13.9. The molecule has 0 saturated carbocycles. The molecule has 154 valence electrons. The number of hydrogen-bond acceptors (Lipinski definition) is 5. The smallest absolute Gasteiger partial charge is 0.264 e. The highest BCUT2D eigenvalue weighted by atomic mass is 32.2. The van der Waals surface area contributed by atoms with Crippen LogP contribution in [0.2, 0.25) is 0 Å². The van der Waals surface area contributed by atoms with Crippen LogP contribution < -0.4 is 9.46 Å². The van der Waals surface area contributed by atoms with E-state index in [9.17, 15) is 21.2 Å². The lowest BCUT2D eigenvalue weighted by Gasteiger charge is -2.20. The van der Waals surface area contributed by atoms with Crippen molar-refractivity contribution in [2.45, 2.75) is 30.6 Å². The third-order valence-electron chi connectivity index (χ3n) is 3.96. The summed E-state index contributed by atoms with van der Waals surface area (Å²) in [6, 6.07) is 8.81. The Morgan fingerprint density at radius 2 is 1.64 bits per heavy atom. The largest absolute Gasteiger partial charge is 0.492 e. The SMILES string of the molecule is CCOc1ccc(S(=O)(=O)N(CC)CC)cc1NS(=O)(=O)c1ccccc1F. The topological polar surface area (TPSA) is 92.8 Å². The Morgan fingerprint density at radius 1 is 1.00 bits per heavy atom. The van der Waals surface area contributed by atoms with E-state index in [0.29, 0.717) is 0 Å². The predicted octanol–water partition coefficient (Wildman–Crippen LogP) is 3.06. The van der Waals surface area contributed by atoms with Crippen LogP contribution in [0.4, 0.5) is 10.1 Å². The first-order valence-corrected chi connectivity index (χ1v) is 11.6. The summed E-state index contributed by atoms with van der Waals surface area (Å²) < 4.78 is 73.6. The van der Waals surface area contributed by atoms with Crippen molar-refractivity contribution in [3.8, 4) is 5.75 Å². The summed E-state index contributed by atoms with van der Waals surface area (Å²) >= 11 is 0. The molecular weight excluding hydrogens is 407 g/mol. The van der Waals surface area contributed by atoms with Crippen molar-refractivity contribution in [1.29, 1.82) is 0 Å². The van der Waals surface area contributed by atoms with Gasteiger partial charge in [-0.05, 0) is 37.3 Å². The maximum absolute atomic E-state index is 13.9. The molecule has 0 aliphatic heterocycles. The summed E-state index contributed by atoms with van der Waals surface area (Å²) in [4.78, 5) is -0.639. The zero-order valence-electron chi connectivity index (χ0n) is 15.8. The highest BCUT2D eigenvalue weighted by molar-refractivity contribution is 7.92. The molecule has 0 radical (unpaired) electrons. The minimum atomic E-state index is -4.29. The van der Waals surface area contributed by atoms with Crippen LogP contribution in [-0.4, -0.2) is 40.8 Å². The van der Waals surface area contributed by atoms with E-state index in [1.165, 1.54) is 34.6 Å². The van der Waals surface area contributed by atoms with E-state index < -0.39 is 30.8 Å². The zero-order valence-corrected chi connectivity index (χ0v) is 17.5. The van der Waals surface area contributed by atoms with Gasteiger partial charge in [0, 0.05) is 13.1 Å². The highest BCUT2D eigenvalue weighted by Gasteiger charge is 2.25. The molecule has 0 heterocycles. The number of halogens is 1. The Hall–Kier alpha value is -2.17. The second-order valence-electron chi connectivity index (χ2n) is 5.72. The molecule has 2 aromatic rings. The van der Waals surface area contributed by atoms with Gasteiger partial charge in [0.15, 0.2) is 0 Å². The van der Waals surface area contributed by atoms with Crippen LogP contribution in [0.1, 0.15) is 20.8 Å². The van der Waals surface area contributed by atoms with Gasteiger partial charge in [0.25, 0.3) is 10.0 Å². The molecule has 0 saturated heterocycles. The number of anilines is 1. The lowest BCUT2D eigenvalue weighted by molar-refractivity contribution is 0.341.